The number of hydrogen-bond donors (Lipinski definition) is 1. The van der Waals surface area contributed by atoms with Crippen LogP contribution in [0.15, 0.2) is 24.3 Å². The second-order valence-electron chi connectivity index (χ2n) is 3.61. The fourth-order valence-corrected chi connectivity index (χ4v) is 2.10. The molecule has 1 aliphatic heterocycles. The highest BCUT2D eigenvalue weighted by atomic mass is 127. The molecule has 1 aliphatic rings. The molecular weight excluding hydrogens is 289 g/mol. The smallest absolute Gasteiger partial charge is 0.223 e. The highest BCUT2D eigenvalue weighted by Crippen LogP contribution is 2.17. The van der Waals surface area contributed by atoms with Gasteiger partial charge in [0.15, 0.2) is 0 Å². The lowest BCUT2D eigenvalue weighted by molar-refractivity contribution is -0.122. The van der Waals surface area contributed by atoms with Crippen molar-refractivity contribution in [1.29, 1.82) is 0 Å². The Kier molecular flexibility index (Phi) is 3.05. The van der Waals surface area contributed by atoms with Crippen LogP contribution in [-0.4, -0.2) is 12.5 Å². The standard InChI is InChI=1S/C11H12INO/c12-10-3-1-8(2-4-10)7-9-5-6-13-11(9)14/h1-4,9H,5-7H2,(H,13,14). The maximum absolute atomic E-state index is 11.3. The van der Waals surface area contributed by atoms with Gasteiger partial charge >= 0.3 is 0 Å². The van der Waals surface area contributed by atoms with E-state index in [1.54, 1.807) is 0 Å². The SMILES string of the molecule is O=C1NCCC1Cc1ccc(I)cc1. The van der Waals surface area contributed by atoms with Gasteiger partial charge in [-0.3, -0.25) is 4.79 Å². The summed E-state index contributed by atoms with van der Waals surface area (Å²) in [5.41, 5.74) is 1.26. The molecule has 1 unspecified atom stereocenters. The minimum Gasteiger partial charge on any atom is -0.356 e. The minimum atomic E-state index is 0.190. The highest BCUT2D eigenvalue weighted by Gasteiger charge is 2.23. The second kappa shape index (κ2) is 4.29. The van der Waals surface area contributed by atoms with Crippen LogP contribution in [0.4, 0.5) is 0 Å². The van der Waals surface area contributed by atoms with Crippen molar-refractivity contribution in [2.24, 2.45) is 5.92 Å². The third-order valence-electron chi connectivity index (χ3n) is 2.56. The van der Waals surface area contributed by atoms with E-state index in [1.807, 2.05) is 0 Å². The first-order valence-corrected chi connectivity index (χ1v) is 5.86. The number of benzene rings is 1. The summed E-state index contributed by atoms with van der Waals surface area (Å²) in [4.78, 5) is 11.3. The van der Waals surface area contributed by atoms with Crippen LogP contribution in [0.5, 0.6) is 0 Å². The van der Waals surface area contributed by atoms with Crippen LogP contribution in [-0.2, 0) is 11.2 Å². The molecule has 1 atom stereocenters. The summed E-state index contributed by atoms with van der Waals surface area (Å²) < 4.78 is 1.24. The summed E-state index contributed by atoms with van der Waals surface area (Å²) in [6, 6.07) is 8.38. The van der Waals surface area contributed by atoms with E-state index >= 15 is 0 Å². The van der Waals surface area contributed by atoms with Crippen molar-refractivity contribution >= 4 is 28.5 Å². The lowest BCUT2D eigenvalue weighted by Crippen LogP contribution is -2.20. The maximum atomic E-state index is 11.3. The number of carbonyl (C=O) groups excluding carboxylic acids is 1. The molecule has 0 aromatic heterocycles. The Labute approximate surface area is 97.2 Å². The van der Waals surface area contributed by atoms with Crippen molar-refractivity contribution in [2.45, 2.75) is 12.8 Å². The molecule has 1 aromatic rings. The first kappa shape index (κ1) is 9.96. The molecule has 74 valence electrons. The molecule has 0 aliphatic carbocycles. The molecule has 2 rings (SSSR count). The summed E-state index contributed by atoms with van der Waals surface area (Å²) in [6.45, 7) is 0.841. The molecule has 1 N–H and O–H groups in total. The normalized spacial score (nSPS) is 20.9. The summed E-state index contributed by atoms with van der Waals surface area (Å²) >= 11 is 2.29. The molecule has 1 saturated heterocycles. The van der Waals surface area contributed by atoms with E-state index in [2.05, 4.69) is 52.2 Å². The third kappa shape index (κ3) is 2.26. The van der Waals surface area contributed by atoms with E-state index in [9.17, 15) is 4.79 Å². The number of hydrogen-bond acceptors (Lipinski definition) is 1. The predicted octanol–water partition coefficient (Wildman–Crippen LogP) is 1.97. The van der Waals surface area contributed by atoms with Gasteiger partial charge in [0, 0.05) is 16.0 Å². The van der Waals surface area contributed by atoms with Gasteiger partial charge in [0.2, 0.25) is 5.91 Å². The van der Waals surface area contributed by atoms with E-state index in [1.165, 1.54) is 9.13 Å². The number of halogens is 1. The molecule has 2 nitrogen and oxygen atoms in total. The highest BCUT2D eigenvalue weighted by molar-refractivity contribution is 14.1. The van der Waals surface area contributed by atoms with Crippen molar-refractivity contribution < 1.29 is 4.79 Å². The summed E-state index contributed by atoms with van der Waals surface area (Å²) in [6.07, 6.45) is 1.85. The lowest BCUT2D eigenvalue weighted by Gasteiger charge is -2.06. The molecular formula is C11H12INO. The summed E-state index contributed by atoms with van der Waals surface area (Å²) in [7, 11) is 0. The van der Waals surface area contributed by atoms with E-state index in [0.29, 0.717) is 0 Å². The van der Waals surface area contributed by atoms with Crippen molar-refractivity contribution in [3.8, 4) is 0 Å². The zero-order chi connectivity index (χ0) is 9.97. The van der Waals surface area contributed by atoms with Crippen LogP contribution in [0, 0.1) is 9.49 Å². The molecule has 1 aromatic carbocycles. The maximum Gasteiger partial charge on any atom is 0.223 e. The van der Waals surface area contributed by atoms with Gasteiger partial charge < -0.3 is 5.32 Å². The average molecular weight is 301 g/mol. The Morgan fingerprint density at radius 1 is 1.36 bits per heavy atom. The van der Waals surface area contributed by atoms with Crippen molar-refractivity contribution in [3.63, 3.8) is 0 Å². The Morgan fingerprint density at radius 2 is 2.07 bits per heavy atom. The van der Waals surface area contributed by atoms with Crippen molar-refractivity contribution in [3.05, 3.63) is 33.4 Å². The molecule has 1 amide bonds. The molecule has 3 heteroatoms. The van der Waals surface area contributed by atoms with Gasteiger partial charge in [0.1, 0.15) is 0 Å². The zero-order valence-corrected chi connectivity index (χ0v) is 9.95. The van der Waals surface area contributed by atoms with E-state index in [4.69, 9.17) is 0 Å². The van der Waals surface area contributed by atoms with E-state index in [0.717, 1.165) is 19.4 Å². The Balaban J connectivity index is 2.03. The van der Waals surface area contributed by atoms with Gasteiger partial charge in [-0.2, -0.15) is 0 Å². The molecule has 14 heavy (non-hydrogen) atoms. The lowest BCUT2D eigenvalue weighted by atomic mass is 9.98. The van der Waals surface area contributed by atoms with Crippen LogP contribution in [0.1, 0.15) is 12.0 Å². The molecule has 1 fully saturated rings. The fourth-order valence-electron chi connectivity index (χ4n) is 1.74. The van der Waals surface area contributed by atoms with Crippen molar-refractivity contribution in [1.82, 2.24) is 5.32 Å². The largest absolute Gasteiger partial charge is 0.356 e. The monoisotopic (exact) mass is 301 g/mol. The molecule has 0 bridgehead atoms. The first-order chi connectivity index (χ1) is 6.75. The minimum absolute atomic E-state index is 0.190. The van der Waals surface area contributed by atoms with Gasteiger partial charge in [0.05, 0.1) is 0 Å². The second-order valence-corrected chi connectivity index (χ2v) is 4.85. The number of amides is 1. The van der Waals surface area contributed by atoms with E-state index in [-0.39, 0.29) is 11.8 Å². The van der Waals surface area contributed by atoms with Gasteiger partial charge in [-0.15, -0.1) is 0 Å². The number of rotatable bonds is 2. The Morgan fingerprint density at radius 3 is 2.64 bits per heavy atom. The van der Waals surface area contributed by atoms with Crippen LogP contribution in [0.2, 0.25) is 0 Å². The summed E-state index contributed by atoms with van der Waals surface area (Å²) in [5.74, 6) is 0.401. The molecule has 0 radical (unpaired) electrons. The van der Waals surface area contributed by atoms with Gasteiger partial charge in [0.25, 0.3) is 0 Å². The van der Waals surface area contributed by atoms with Gasteiger partial charge in [-0.05, 0) is 53.1 Å². The average Bonchev–Trinajstić information content (AvgIpc) is 2.56. The van der Waals surface area contributed by atoms with Gasteiger partial charge in [-0.1, -0.05) is 12.1 Å². The fraction of sp³-hybridized carbons (Fsp3) is 0.364. The zero-order valence-electron chi connectivity index (χ0n) is 7.79. The Bertz CT molecular complexity index is 334. The topological polar surface area (TPSA) is 29.1 Å². The number of nitrogens with one attached hydrogen (secondary N) is 1. The van der Waals surface area contributed by atoms with Crippen LogP contribution < -0.4 is 5.32 Å². The van der Waals surface area contributed by atoms with Crippen LogP contribution in [0.3, 0.4) is 0 Å². The van der Waals surface area contributed by atoms with Gasteiger partial charge in [-0.25, -0.2) is 0 Å². The third-order valence-corrected chi connectivity index (χ3v) is 3.28. The van der Waals surface area contributed by atoms with Crippen molar-refractivity contribution in [2.75, 3.05) is 6.54 Å². The quantitative estimate of drug-likeness (QED) is 0.832. The molecule has 1 heterocycles. The molecule has 0 saturated carbocycles. The number of carbonyl (C=O) groups is 1. The molecule has 0 spiro atoms. The Hall–Kier alpha value is -0.580. The van der Waals surface area contributed by atoms with E-state index < -0.39 is 0 Å². The summed E-state index contributed by atoms with van der Waals surface area (Å²) in [5, 5.41) is 2.86. The van der Waals surface area contributed by atoms with Crippen LogP contribution in [0.25, 0.3) is 0 Å². The van der Waals surface area contributed by atoms with Crippen LogP contribution >= 0.6 is 22.6 Å². The predicted molar refractivity (Wildman–Crippen MR) is 64.0 cm³/mol. The first-order valence-electron chi connectivity index (χ1n) is 4.78.